The second kappa shape index (κ2) is 6.34. The van der Waals surface area contributed by atoms with Gasteiger partial charge in [0.05, 0.1) is 13.2 Å². The molecule has 0 spiro atoms. The van der Waals surface area contributed by atoms with Gasteiger partial charge in [0.15, 0.2) is 0 Å². The van der Waals surface area contributed by atoms with Crippen molar-refractivity contribution < 1.29 is 9.47 Å². The van der Waals surface area contributed by atoms with Crippen LogP contribution in [-0.4, -0.2) is 44.4 Å². The van der Waals surface area contributed by atoms with Crippen LogP contribution in [0.15, 0.2) is 18.2 Å². The molecule has 4 nitrogen and oxygen atoms in total. The van der Waals surface area contributed by atoms with Crippen LogP contribution in [0.5, 0.6) is 5.75 Å². The van der Waals surface area contributed by atoms with E-state index in [4.69, 9.17) is 15.2 Å². The van der Waals surface area contributed by atoms with Crippen LogP contribution >= 0.6 is 0 Å². The van der Waals surface area contributed by atoms with Gasteiger partial charge in [0.25, 0.3) is 0 Å². The van der Waals surface area contributed by atoms with Crippen LogP contribution in [0.25, 0.3) is 0 Å². The van der Waals surface area contributed by atoms with Gasteiger partial charge in [-0.25, -0.2) is 0 Å². The molecule has 2 N–H and O–H groups in total. The Bertz CT molecular complexity index is 486. The van der Waals surface area contributed by atoms with Crippen LogP contribution in [0.1, 0.15) is 36.4 Å². The average Bonchev–Trinajstić information content (AvgIpc) is 2.85. The van der Waals surface area contributed by atoms with Crippen molar-refractivity contribution in [1.29, 1.82) is 0 Å². The zero-order valence-corrected chi connectivity index (χ0v) is 13.0. The molecule has 0 radical (unpaired) electrons. The van der Waals surface area contributed by atoms with Gasteiger partial charge in [-0.15, -0.1) is 0 Å². The van der Waals surface area contributed by atoms with Crippen molar-refractivity contribution in [2.45, 2.75) is 43.9 Å². The lowest BCUT2D eigenvalue weighted by atomic mass is 10.1. The van der Waals surface area contributed by atoms with Gasteiger partial charge in [-0.3, -0.25) is 4.90 Å². The molecule has 1 aromatic rings. The van der Waals surface area contributed by atoms with Crippen molar-refractivity contribution in [2.75, 3.05) is 27.3 Å². The fraction of sp³-hybridized carbons (Fsp3) is 0.647. The number of rotatable bonds is 4. The van der Waals surface area contributed by atoms with Crippen molar-refractivity contribution in [1.82, 2.24) is 4.90 Å². The van der Waals surface area contributed by atoms with Gasteiger partial charge in [-0.05, 0) is 56.0 Å². The number of methoxy groups -OCH3 is 1. The first kappa shape index (κ1) is 14.8. The molecule has 1 fully saturated rings. The molecule has 2 aliphatic rings. The highest BCUT2D eigenvalue weighted by atomic mass is 16.5. The fourth-order valence-corrected chi connectivity index (χ4v) is 3.59. The van der Waals surface area contributed by atoms with Gasteiger partial charge in [0.2, 0.25) is 0 Å². The Morgan fingerprint density at radius 3 is 2.95 bits per heavy atom. The first-order valence-corrected chi connectivity index (χ1v) is 7.93. The summed E-state index contributed by atoms with van der Waals surface area (Å²) in [6.45, 7) is 1.89. The predicted molar refractivity (Wildman–Crippen MR) is 83.6 cm³/mol. The van der Waals surface area contributed by atoms with E-state index in [0.717, 1.165) is 25.3 Å². The van der Waals surface area contributed by atoms with E-state index in [9.17, 15) is 0 Å². The number of hydrogen-bond acceptors (Lipinski definition) is 4. The van der Waals surface area contributed by atoms with Gasteiger partial charge in [0, 0.05) is 25.2 Å². The molecule has 4 heteroatoms. The smallest absolute Gasteiger partial charge is 0.119 e. The Kier molecular flexibility index (Phi) is 4.48. The molecule has 1 aliphatic heterocycles. The summed E-state index contributed by atoms with van der Waals surface area (Å²) >= 11 is 0. The largest absolute Gasteiger partial charge is 0.497 e. The highest BCUT2D eigenvalue weighted by molar-refractivity contribution is 5.42. The second-order valence-electron chi connectivity index (χ2n) is 6.29. The van der Waals surface area contributed by atoms with Crippen molar-refractivity contribution in [3.8, 4) is 5.75 Å². The van der Waals surface area contributed by atoms with Gasteiger partial charge in [-0.2, -0.15) is 0 Å². The maximum atomic E-state index is 6.48. The molecule has 21 heavy (non-hydrogen) atoms. The number of ether oxygens (including phenoxy) is 2. The molecular weight excluding hydrogens is 264 g/mol. The zero-order valence-electron chi connectivity index (χ0n) is 13.0. The van der Waals surface area contributed by atoms with E-state index in [1.165, 1.54) is 30.4 Å². The summed E-state index contributed by atoms with van der Waals surface area (Å²) in [7, 11) is 3.87. The highest BCUT2D eigenvalue weighted by Gasteiger charge is 2.33. The van der Waals surface area contributed by atoms with Crippen molar-refractivity contribution in [3.05, 3.63) is 29.3 Å². The first-order valence-electron chi connectivity index (χ1n) is 7.93. The molecule has 0 amide bonds. The zero-order chi connectivity index (χ0) is 14.8. The van der Waals surface area contributed by atoms with E-state index in [0.29, 0.717) is 12.1 Å². The van der Waals surface area contributed by atoms with Crippen LogP contribution in [-0.2, 0) is 11.2 Å². The van der Waals surface area contributed by atoms with Gasteiger partial charge < -0.3 is 15.2 Å². The molecule has 0 bridgehead atoms. The van der Waals surface area contributed by atoms with E-state index in [2.05, 4.69) is 24.1 Å². The Morgan fingerprint density at radius 2 is 2.24 bits per heavy atom. The minimum Gasteiger partial charge on any atom is -0.497 e. The van der Waals surface area contributed by atoms with Crippen LogP contribution in [0.4, 0.5) is 0 Å². The topological polar surface area (TPSA) is 47.7 Å². The van der Waals surface area contributed by atoms with Crippen LogP contribution in [0.2, 0.25) is 0 Å². The third-order valence-corrected chi connectivity index (χ3v) is 4.89. The maximum absolute atomic E-state index is 6.48. The molecule has 3 rings (SSSR count). The first-order chi connectivity index (χ1) is 10.2. The molecule has 116 valence electrons. The van der Waals surface area contributed by atoms with E-state index >= 15 is 0 Å². The monoisotopic (exact) mass is 290 g/mol. The quantitative estimate of drug-likeness (QED) is 0.923. The normalized spacial score (nSPS) is 28.7. The molecule has 1 aliphatic carbocycles. The summed E-state index contributed by atoms with van der Waals surface area (Å²) < 4.78 is 11.2. The number of fused-ring (bicyclic) bond motifs is 1. The summed E-state index contributed by atoms with van der Waals surface area (Å²) in [6, 6.07) is 6.68. The molecule has 1 heterocycles. The second-order valence-corrected chi connectivity index (χ2v) is 6.29. The Balaban J connectivity index is 1.67. The Hall–Kier alpha value is -1.10. The summed E-state index contributed by atoms with van der Waals surface area (Å²) in [6.07, 6.45) is 5.05. The van der Waals surface area contributed by atoms with Crippen LogP contribution in [0, 0.1) is 0 Å². The Morgan fingerprint density at radius 1 is 1.38 bits per heavy atom. The number of nitrogens with two attached hydrogens (primary N) is 1. The van der Waals surface area contributed by atoms with Crippen molar-refractivity contribution in [3.63, 3.8) is 0 Å². The highest BCUT2D eigenvalue weighted by Crippen LogP contribution is 2.35. The summed E-state index contributed by atoms with van der Waals surface area (Å²) in [5.41, 5.74) is 9.07. The SMILES string of the molecule is COc1ccc2c(c1)C(N)C(N(C)CC1CCCCO1)C2. The molecule has 1 saturated heterocycles. The van der Waals surface area contributed by atoms with E-state index < -0.39 is 0 Å². The number of likely N-dealkylation sites (N-methyl/N-ethyl adjacent to an activating group) is 1. The predicted octanol–water partition coefficient (Wildman–Crippen LogP) is 2.12. The molecule has 3 unspecified atom stereocenters. The lowest BCUT2D eigenvalue weighted by Crippen LogP contribution is -2.43. The van der Waals surface area contributed by atoms with Gasteiger partial charge in [0.1, 0.15) is 5.75 Å². The number of nitrogens with zero attached hydrogens (tertiary/aromatic N) is 1. The maximum Gasteiger partial charge on any atom is 0.119 e. The minimum absolute atomic E-state index is 0.0590. The van der Waals surface area contributed by atoms with Gasteiger partial charge >= 0.3 is 0 Å². The lowest BCUT2D eigenvalue weighted by Gasteiger charge is -2.32. The van der Waals surface area contributed by atoms with Crippen LogP contribution < -0.4 is 10.5 Å². The standard InChI is InChI=1S/C17H26N2O2/c1-19(11-14-5-3-4-8-21-14)16-9-12-6-7-13(20-2)10-15(12)17(16)18/h6-7,10,14,16-17H,3-5,8-9,11,18H2,1-2H3. The van der Waals surface area contributed by atoms with E-state index in [-0.39, 0.29) is 6.04 Å². The molecule has 0 aromatic heterocycles. The third-order valence-electron chi connectivity index (χ3n) is 4.89. The van der Waals surface area contributed by atoms with Crippen molar-refractivity contribution >= 4 is 0 Å². The summed E-state index contributed by atoms with van der Waals surface area (Å²) in [5.74, 6) is 0.892. The minimum atomic E-state index is 0.0590. The average molecular weight is 290 g/mol. The molecule has 1 aromatic carbocycles. The van der Waals surface area contributed by atoms with E-state index in [1.807, 2.05) is 6.07 Å². The molecule has 0 saturated carbocycles. The fourth-order valence-electron chi connectivity index (χ4n) is 3.59. The Labute approximate surface area is 127 Å². The van der Waals surface area contributed by atoms with Crippen molar-refractivity contribution in [2.24, 2.45) is 5.73 Å². The lowest BCUT2D eigenvalue weighted by molar-refractivity contribution is -0.00917. The van der Waals surface area contributed by atoms with Crippen LogP contribution in [0.3, 0.4) is 0 Å². The summed E-state index contributed by atoms with van der Waals surface area (Å²) in [4.78, 5) is 2.38. The van der Waals surface area contributed by atoms with Gasteiger partial charge in [-0.1, -0.05) is 6.07 Å². The molecular formula is C17H26N2O2. The summed E-state index contributed by atoms with van der Waals surface area (Å²) in [5, 5.41) is 0. The van der Waals surface area contributed by atoms with E-state index in [1.54, 1.807) is 7.11 Å². The third kappa shape index (κ3) is 3.07. The number of hydrogen-bond donors (Lipinski definition) is 1. The number of benzene rings is 1. The molecule has 3 atom stereocenters.